The molecule has 1 aromatic carbocycles. The van der Waals surface area contributed by atoms with E-state index < -0.39 is 0 Å². The van der Waals surface area contributed by atoms with Gasteiger partial charge in [-0.1, -0.05) is 11.6 Å². The Bertz CT molecular complexity index is 492. The molecule has 0 saturated heterocycles. The molecule has 0 unspecified atom stereocenters. The van der Waals surface area contributed by atoms with Gasteiger partial charge in [-0.15, -0.1) is 0 Å². The second-order valence-corrected chi connectivity index (χ2v) is 3.44. The first-order valence-corrected chi connectivity index (χ1v) is 4.45. The number of rotatable bonds is 2. The maximum atomic E-state index is 10.7. The number of nitrogens with one attached hydrogen (secondary N) is 1. The Morgan fingerprint density at radius 3 is 3.07 bits per heavy atom. The summed E-state index contributed by atoms with van der Waals surface area (Å²) < 4.78 is 0. The monoisotopic (exact) mass is 209 g/mol. The number of carbonyl (C=O) groups excluding carboxylic acids is 1. The molecular formula is C9H8ClN3O. The molecule has 14 heavy (non-hydrogen) atoms. The first kappa shape index (κ1) is 9.02. The zero-order chi connectivity index (χ0) is 10.1. The zero-order valence-corrected chi connectivity index (χ0v) is 8.01. The van der Waals surface area contributed by atoms with E-state index in [2.05, 4.69) is 10.2 Å². The summed E-state index contributed by atoms with van der Waals surface area (Å²) in [5.41, 5.74) is 6.56. The van der Waals surface area contributed by atoms with E-state index in [4.69, 9.17) is 17.3 Å². The Hall–Kier alpha value is -1.55. The number of H-pyrrole nitrogens is 1. The topological polar surface area (TPSA) is 71.8 Å². The van der Waals surface area contributed by atoms with Crippen molar-refractivity contribution in [2.45, 2.75) is 6.42 Å². The van der Waals surface area contributed by atoms with Gasteiger partial charge in [0, 0.05) is 10.4 Å². The van der Waals surface area contributed by atoms with E-state index >= 15 is 0 Å². The van der Waals surface area contributed by atoms with Crippen molar-refractivity contribution in [2.24, 2.45) is 5.73 Å². The number of halogens is 1. The van der Waals surface area contributed by atoms with E-state index in [1.165, 1.54) is 0 Å². The number of fused-ring (bicyclic) bond motifs is 1. The van der Waals surface area contributed by atoms with Crippen LogP contribution in [0.15, 0.2) is 18.2 Å². The smallest absolute Gasteiger partial charge is 0.223 e. The van der Waals surface area contributed by atoms with Crippen LogP contribution in [0.2, 0.25) is 5.02 Å². The summed E-state index contributed by atoms with van der Waals surface area (Å²) in [7, 11) is 0. The number of nitrogens with two attached hydrogens (primary N) is 1. The fourth-order valence-electron chi connectivity index (χ4n) is 1.35. The van der Waals surface area contributed by atoms with Gasteiger partial charge < -0.3 is 5.73 Å². The summed E-state index contributed by atoms with van der Waals surface area (Å²) >= 11 is 5.79. The lowest BCUT2D eigenvalue weighted by Crippen LogP contribution is -2.13. The quantitative estimate of drug-likeness (QED) is 0.781. The highest BCUT2D eigenvalue weighted by atomic mass is 35.5. The molecule has 0 radical (unpaired) electrons. The van der Waals surface area contributed by atoms with Crippen molar-refractivity contribution < 1.29 is 4.79 Å². The van der Waals surface area contributed by atoms with Crippen molar-refractivity contribution in [1.29, 1.82) is 0 Å². The van der Waals surface area contributed by atoms with Crippen LogP contribution in [-0.4, -0.2) is 16.1 Å². The molecule has 0 spiro atoms. The lowest BCUT2D eigenvalue weighted by molar-refractivity contribution is -0.117. The number of hydrogen-bond acceptors (Lipinski definition) is 2. The molecule has 5 heteroatoms. The molecule has 3 N–H and O–H groups in total. The highest BCUT2D eigenvalue weighted by Gasteiger charge is 2.07. The van der Waals surface area contributed by atoms with Crippen molar-refractivity contribution in [3.63, 3.8) is 0 Å². The molecule has 1 aromatic heterocycles. The van der Waals surface area contributed by atoms with Gasteiger partial charge in [0.2, 0.25) is 5.91 Å². The van der Waals surface area contributed by atoms with Crippen LogP contribution in [0.25, 0.3) is 10.9 Å². The van der Waals surface area contributed by atoms with Gasteiger partial charge in [-0.25, -0.2) is 0 Å². The molecule has 1 amide bonds. The minimum Gasteiger partial charge on any atom is -0.369 e. The van der Waals surface area contributed by atoms with Gasteiger partial charge in [0.15, 0.2) is 0 Å². The Kier molecular flexibility index (Phi) is 2.13. The molecule has 0 aliphatic heterocycles. The average Bonchev–Trinajstić information content (AvgIpc) is 2.47. The number of primary amides is 1. The van der Waals surface area contributed by atoms with Crippen molar-refractivity contribution >= 4 is 28.4 Å². The largest absolute Gasteiger partial charge is 0.369 e. The maximum absolute atomic E-state index is 10.7. The highest BCUT2D eigenvalue weighted by molar-refractivity contribution is 6.31. The van der Waals surface area contributed by atoms with Crippen LogP contribution in [0.5, 0.6) is 0 Å². The van der Waals surface area contributed by atoms with Crippen LogP contribution in [0.4, 0.5) is 0 Å². The molecule has 0 fully saturated rings. The third-order valence-corrected chi connectivity index (χ3v) is 2.18. The van der Waals surface area contributed by atoms with Gasteiger partial charge in [-0.05, 0) is 18.2 Å². The standard InChI is InChI=1S/C9H8ClN3O/c10-5-1-2-6-7(3-5)12-13-8(6)4-9(11)14/h1-3H,4H2,(H2,11,14)(H,12,13). The third-order valence-electron chi connectivity index (χ3n) is 1.95. The molecule has 1 heterocycles. The fourth-order valence-corrected chi connectivity index (χ4v) is 1.52. The van der Waals surface area contributed by atoms with E-state index in [0.717, 1.165) is 16.6 Å². The third kappa shape index (κ3) is 1.56. The highest BCUT2D eigenvalue weighted by Crippen LogP contribution is 2.20. The van der Waals surface area contributed by atoms with Gasteiger partial charge in [0.1, 0.15) is 0 Å². The van der Waals surface area contributed by atoms with Crippen LogP contribution in [0.3, 0.4) is 0 Å². The Morgan fingerprint density at radius 1 is 1.57 bits per heavy atom. The van der Waals surface area contributed by atoms with E-state index in [0.29, 0.717) is 5.02 Å². The average molecular weight is 210 g/mol. The van der Waals surface area contributed by atoms with Gasteiger partial charge in [-0.2, -0.15) is 5.10 Å². The summed E-state index contributed by atoms with van der Waals surface area (Å²) in [4.78, 5) is 10.7. The molecule has 72 valence electrons. The maximum Gasteiger partial charge on any atom is 0.223 e. The minimum absolute atomic E-state index is 0.165. The number of nitrogens with zero attached hydrogens (tertiary/aromatic N) is 1. The summed E-state index contributed by atoms with van der Waals surface area (Å²) in [6.07, 6.45) is 0.165. The van der Waals surface area contributed by atoms with E-state index in [1.807, 2.05) is 6.07 Å². The fraction of sp³-hybridized carbons (Fsp3) is 0.111. The number of aromatic amines is 1. The predicted molar refractivity (Wildman–Crippen MR) is 54.0 cm³/mol. The number of hydrogen-bond donors (Lipinski definition) is 2. The van der Waals surface area contributed by atoms with Crippen molar-refractivity contribution in [3.8, 4) is 0 Å². The second kappa shape index (κ2) is 3.31. The van der Waals surface area contributed by atoms with Gasteiger partial charge >= 0.3 is 0 Å². The predicted octanol–water partition coefficient (Wildman–Crippen LogP) is 1.24. The Labute approximate surface area is 85.0 Å². The van der Waals surface area contributed by atoms with E-state index in [-0.39, 0.29) is 12.3 Å². The molecule has 0 saturated carbocycles. The lowest BCUT2D eigenvalue weighted by atomic mass is 10.1. The molecular weight excluding hydrogens is 202 g/mol. The first-order chi connectivity index (χ1) is 6.66. The van der Waals surface area contributed by atoms with Crippen LogP contribution in [0, 0.1) is 0 Å². The normalized spacial score (nSPS) is 10.6. The second-order valence-electron chi connectivity index (χ2n) is 3.01. The van der Waals surface area contributed by atoms with Crippen molar-refractivity contribution in [3.05, 3.63) is 28.9 Å². The molecule has 0 bridgehead atoms. The van der Waals surface area contributed by atoms with Crippen LogP contribution >= 0.6 is 11.6 Å². The summed E-state index contributed by atoms with van der Waals surface area (Å²) in [6, 6.07) is 5.31. The molecule has 2 aromatic rings. The molecule has 2 rings (SSSR count). The van der Waals surface area contributed by atoms with Crippen LogP contribution < -0.4 is 5.73 Å². The van der Waals surface area contributed by atoms with Gasteiger partial charge in [0.25, 0.3) is 0 Å². The summed E-state index contributed by atoms with van der Waals surface area (Å²) in [5, 5.41) is 8.28. The summed E-state index contributed by atoms with van der Waals surface area (Å²) in [5.74, 6) is -0.384. The Balaban J connectivity index is 2.52. The number of aromatic nitrogens is 2. The minimum atomic E-state index is -0.384. The first-order valence-electron chi connectivity index (χ1n) is 4.07. The van der Waals surface area contributed by atoms with Crippen LogP contribution in [-0.2, 0) is 11.2 Å². The molecule has 4 nitrogen and oxygen atoms in total. The van der Waals surface area contributed by atoms with Crippen LogP contribution in [0.1, 0.15) is 5.69 Å². The zero-order valence-electron chi connectivity index (χ0n) is 7.25. The van der Waals surface area contributed by atoms with E-state index in [1.54, 1.807) is 12.1 Å². The van der Waals surface area contributed by atoms with Gasteiger partial charge in [0.05, 0.1) is 17.6 Å². The Morgan fingerprint density at radius 2 is 2.36 bits per heavy atom. The number of amides is 1. The molecule has 0 atom stereocenters. The number of carbonyl (C=O) groups is 1. The van der Waals surface area contributed by atoms with E-state index in [9.17, 15) is 4.79 Å². The SMILES string of the molecule is NC(=O)Cc1[nH]nc2cc(Cl)ccc12. The molecule has 0 aliphatic rings. The summed E-state index contributed by atoms with van der Waals surface area (Å²) in [6.45, 7) is 0. The number of benzene rings is 1. The van der Waals surface area contributed by atoms with Gasteiger partial charge in [-0.3, -0.25) is 9.89 Å². The molecule has 0 aliphatic carbocycles. The lowest BCUT2D eigenvalue weighted by Gasteiger charge is -1.93. The van der Waals surface area contributed by atoms with Crippen molar-refractivity contribution in [2.75, 3.05) is 0 Å². The van der Waals surface area contributed by atoms with Crippen molar-refractivity contribution in [1.82, 2.24) is 10.2 Å².